The molecular formula is C23H26N4O3. The van der Waals surface area contributed by atoms with Gasteiger partial charge in [0.25, 0.3) is 5.91 Å². The highest BCUT2D eigenvalue weighted by atomic mass is 16.4. The second kappa shape index (κ2) is 6.95. The highest BCUT2D eigenvalue weighted by Crippen LogP contribution is 2.38. The van der Waals surface area contributed by atoms with Crippen LogP contribution in [0.15, 0.2) is 47.6 Å². The first kappa shape index (κ1) is 20.1. The summed E-state index contributed by atoms with van der Waals surface area (Å²) in [4.78, 5) is 34.0. The molecule has 30 heavy (non-hydrogen) atoms. The Hall–Kier alpha value is -3.19. The van der Waals surface area contributed by atoms with Crippen molar-refractivity contribution < 1.29 is 19.3 Å². The molecule has 7 nitrogen and oxygen atoms in total. The van der Waals surface area contributed by atoms with Crippen molar-refractivity contribution in [2.75, 3.05) is 14.1 Å². The monoisotopic (exact) mass is 406 g/mol. The van der Waals surface area contributed by atoms with Crippen LogP contribution in [0.1, 0.15) is 48.0 Å². The molecule has 1 aromatic heterocycles. The Kier molecular flexibility index (Phi) is 4.66. The quantitative estimate of drug-likeness (QED) is 0.610. The number of hydrogen-bond donors (Lipinski definition) is 1. The van der Waals surface area contributed by atoms with Crippen LogP contribution in [0.4, 0.5) is 0 Å². The van der Waals surface area contributed by atoms with Gasteiger partial charge in [-0.25, -0.2) is 4.79 Å². The van der Waals surface area contributed by atoms with Crippen molar-refractivity contribution in [3.05, 3.63) is 71.3 Å². The number of aromatic nitrogens is 1. The van der Waals surface area contributed by atoms with Crippen LogP contribution in [-0.2, 0) is 11.2 Å². The summed E-state index contributed by atoms with van der Waals surface area (Å²) < 4.78 is 1.76. The number of carboxylic acid groups (broad SMARTS) is 1. The van der Waals surface area contributed by atoms with E-state index in [4.69, 9.17) is 4.99 Å². The van der Waals surface area contributed by atoms with Gasteiger partial charge in [-0.3, -0.25) is 24.2 Å². The molecule has 1 amide bonds. The Morgan fingerprint density at radius 3 is 2.50 bits per heavy atom. The number of pyridine rings is 1. The lowest BCUT2D eigenvalue weighted by Crippen LogP contribution is -2.56. The molecule has 0 fully saturated rings. The molecule has 7 heteroatoms. The van der Waals surface area contributed by atoms with Crippen molar-refractivity contribution in [3.63, 3.8) is 0 Å². The zero-order chi connectivity index (χ0) is 21.8. The van der Waals surface area contributed by atoms with Crippen molar-refractivity contribution in [2.45, 2.75) is 32.7 Å². The molecule has 2 aromatic rings. The number of hydrogen-bond acceptors (Lipinski definition) is 4. The summed E-state index contributed by atoms with van der Waals surface area (Å²) in [5.41, 5.74) is 1.42. The standard InChI is InChI=1S/C23H26N4O3/c1-14(2)23(3)21(30)27-19(24-23)18-17(20(28)29)16(13-15-9-7-6-8-10-15)11-12-26(18)22(27)25(4)5/h6-12,14H,13H2,1-5H3,(H,28,29). The number of fused-ring (bicyclic) bond motifs is 3. The van der Waals surface area contributed by atoms with Crippen molar-refractivity contribution in [1.82, 2.24) is 9.80 Å². The molecule has 0 aliphatic carbocycles. The van der Waals surface area contributed by atoms with E-state index >= 15 is 0 Å². The van der Waals surface area contributed by atoms with Crippen LogP contribution < -0.4 is 4.57 Å². The first-order valence-electron chi connectivity index (χ1n) is 10.0. The number of carbonyl (C=O) groups excluding carboxylic acids is 1. The van der Waals surface area contributed by atoms with Crippen LogP contribution in [0, 0.1) is 12.2 Å². The van der Waals surface area contributed by atoms with Gasteiger partial charge in [0.15, 0.2) is 5.69 Å². The van der Waals surface area contributed by atoms with Gasteiger partial charge < -0.3 is 5.11 Å². The van der Waals surface area contributed by atoms with Gasteiger partial charge >= 0.3 is 5.97 Å². The number of rotatable bonds is 5. The van der Waals surface area contributed by atoms with E-state index in [-0.39, 0.29) is 17.4 Å². The van der Waals surface area contributed by atoms with Gasteiger partial charge in [0.2, 0.25) is 6.29 Å². The number of benzene rings is 1. The molecule has 2 aliphatic heterocycles. The topological polar surface area (TPSA) is 77.1 Å². The molecule has 4 rings (SSSR count). The second-order valence-corrected chi connectivity index (χ2v) is 8.47. The highest BCUT2D eigenvalue weighted by molar-refractivity contribution is 6.18. The number of carbonyl (C=O) groups is 2. The first-order valence-corrected chi connectivity index (χ1v) is 10.0. The molecule has 2 aliphatic rings. The van der Waals surface area contributed by atoms with E-state index in [0.717, 1.165) is 5.56 Å². The number of aromatic carboxylic acids is 1. The SMILES string of the molecule is CC(C)C1(C)N=C2c3c(C(=O)O)c(Cc4ccccc4)cc[n+]3[C-](N(C)C)N2C1=O. The fourth-order valence-electron chi connectivity index (χ4n) is 4.07. The van der Waals surface area contributed by atoms with E-state index < -0.39 is 11.5 Å². The van der Waals surface area contributed by atoms with Crippen LogP contribution in [0.2, 0.25) is 0 Å². The number of amidine groups is 1. The van der Waals surface area contributed by atoms with Crippen molar-refractivity contribution in [1.29, 1.82) is 0 Å². The average molecular weight is 406 g/mol. The number of nitrogens with zero attached hydrogens (tertiary/aromatic N) is 4. The second-order valence-electron chi connectivity index (χ2n) is 8.47. The number of amides is 1. The number of aliphatic imine (C=N–C) groups is 1. The lowest BCUT2D eigenvalue weighted by atomic mass is 9.89. The molecule has 0 saturated carbocycles. The summed E-state index contributed by atoms with van der Waals surface area (Å²) in [5, 5.41) is 10.2. The van der Waals surface area contributed by atoms with Gasteiger partial charge in [-0.1, -0.05) is 50.2 Å². The summed E-state index contributed by atoms with van der Waals surface area (Å²) in [6.07, 6.45) is 2.90. The fraction of sp³-hybridized carbons (Fsp3) is 0.348. The van der Waals surface area contributed by atoms with Gasteiger partial charge in [0.05, 0.1) is 11.8 Å². The van der Waals surface area contributed by atoms with Crippen molar-refractivity contribution in [3.8, 4) is 0 Å². The Morgan fingerprint density at radius 2 is 1.93 bits per heavy atom. The molecule has 1 N–H and O–H groups in total. The summed E-state index contributed by atoms with van der Waals surface area (Å²) in [6, 6.07) is 11.6. The third kappa shape index (κ3) is 2.81. The molecule has 156 valence electrons. The van der Waals surface area contributed by atoms with Gasteiger partial charge in [-0.15, -0.1) is 0 Å². The van der Waals surface area contributed by atoms with E-state index in [9.17, 15) is 14.7 Å². The molecule has 0 saturated heterocycles. The van der Waals surface area contributed by atoms with Crippen LogP contribution in [0.25, 0.3) is 0 Å². The smallest absolute Gasteiger partial charge is 0.330 e. The van der Waals surface area contributed by atoms with E-state index in [0.29, 0.717) is 29.8 Å². The largest absolute Gasteiger partial charge is 0.478 e. The Morgan fingerprint density at radius 1 is 1.27 bits per heavy atom. The van der Waals surface area contributed by atoms with Gasteiger partial charge in [0.1, 0.15) is 11.4 Å². The predicted molar refractivity (Wildman–Crippen MR) is 112 cm³/mol. The molecule has 0 spiro atoms. The summed E-state index contributed by atoms with van der Waals surface area (Å²) in [6.45, 7) is 5.73. The van der Waals surface area contributed by atoms with Gasteiger partial charge in [-0.2, -0.15) is 0 Å². The molecule has 3 heterocycles. The maximum Gasteiger partial charge on any atom is 0.330 e. The van der Waals surface area contributed by atoms with Crippen LogP contribution in [0.5, 0.6) is 0 Å². The van der Waals surface area contributed by atoms with Crippen LogP contribution in [-0.4, -0.2) is 52.3 Å². The lowest BCUT2D eigenvalue weighted by molar-refractivity contribution is -0.677. The average Bonchev–Trinajstić information content (AvgIpc) is 3.14. The fourth-order valence-corrected chi connectivity index (χ4v) is 4.07. The van der Waals surface area contributed by atoms with Crippen LogP contribution >= 0.6 is 0 Å². The third-order valence-corrected chi connectivity index (χ3v) is 6.01. The highest BCUT2D eigenvalue weighted by Gasteiger charge is 2.55. The van der Waals surface area contributed by atoms with E-state index in [1.807, 2.05) is 82.4 Å². The third-order valence-electron chi connectivity index (χ3n) is 6.01. The molecule has 1 atom stereocenters. The van der Waals surface area contributed by atoms with E-state index in [2.05, 4.69) is 0 Å². The zero-order valence-electron chi connectivity index (χ0n) is 17.9. The maximum absolute atomic E-state index is 13.4. The van der Waals surface area contributed by atoms with E-state index in [1.165, 1.54) is 0 Å². The lowest BCUT2D eigenvalue weighted by Gasteiger charge is -2.31. The summed E-state index contributed by atoms with van der Waals surface area (Å²) in [5.74, 6) is -0.785. The molecule has 1 aromatic carbocycles. The Labute approximate surface area is 176 Å². The zero-order valence-corrected chi connectivity index (χ0v) is 17.9. The molecule has 0 bridgehead atoms. The molecule has 1 unspecified atom stereocenters. The van der Waals surface area contributed by atoms with Crippen molar-refractivity contribution >= 4 is 17.7 Å². The van der Waals surface area contributed by atoms with Gasteiger partial charge in [-0.05, 0) is 44.5 Å². The van der Waals surface area contributed by atoms with Gasteiger partial charge in [0, 0.05) is 0 Å². The summed E-state index contributed by atoms with van der Waals surface area (Å²) in [7, 11) is 3.68. The summed E-state index contributed by atoms with van der Waals surface area (Å²) >= 11 is 0. The number of carboxylic acids is 1. The molecule has 0 radical (unpaired) electrons. The predicted octanol–water partition coefficient (Wildman–Crippen LogP) is 2.14. The minimum absolute atomic E-state index is 0.0271. The molecular weight excluding hydrogens is 380 g/mol. The van der Waals surface area contributed by atoms with Crippen LogP contribution in [0.3, 0.4) is 0 Å². The van der Waals surface area contributed by atoms with Crippen molar-refractivity contribution in [2.24, 2.45) is 10.9 Å². The minimum atomic E-state index is -1.03. The maximum atomic E-state index is 13.4. The Balaban J connectivity index is 1.95. The normalized spacial score (nSPS) is 20.1. The minimum Gasteiger partial charge on any atom is -0.478 e. The van der Waals surface area contributed by atoms with E-state index in [1.54, 1.807) is 9.47 Å². The first-order chi connectivity index (χ1) is 14.2. The Bertz CT molecular complexity index is 1060.